The third-order valence-corrected chi connectivity index (χ3v) is 5.83. The van der Waals surface area contributed by atoms with Gasteiger partial charge in [-0.25, -0.2) is 4.98 Å². The molecule has 1 saturated heterocycles. The quantitative estimate of drug-likeness (QED) is 0.454. The van der Waals surface area contributed by atoms with Gasteiger partial charge in [-0.15, -0.1) is 0 Å². The number of amides is 1. The lowest BCUT2D eigenvalue weighted by atomic mass is 10.2. The van der Waals surface area contributed by atoms with Crippen LogP contribution in [0.5, 0.6) is 0 Å². The Morgan fingerprint density at radius 1 is 1.30 bits per heavy atom. The molecule has 1 N–H and O–H groups in total. The van der Waals surface area contributed by atoms with E-state index in [1.165, 1.54) is 21.1 Å². The molecule has 3 heterocycles. The van der Waals surface area contributed by atoms with Crippen LogP contribution in [0.4, 0.5) is 5.82 Å². The lowest BCUT2D eigenvalue weighted by Gasteiger charge is -2.11. The van der Waals surface area contributed by atoms with Crippen molar-refractivity contribution < 1.29 is 4.79 Å². The van der Waals surface area contributed by atoms with Crippen LogP contribution in [0.3, 0.4) is 0 Å². The minimum absolute atomic E-state index is 0.198. The topological polar surface area (TPSA) is 66.7 Å². The van der Waals surface area contributed by atoms with Crippen molar-refractivity contribution >= 4 is 51.7 Å². The van der Waals surface area contributed by atoms with Gasteiger partial charge in [-0.3, -0.25) is 18.9 Å². The number of pyridine rings is 1. The molecule has 27 heavy (non-hydrogen) atoms. The Hall–Kier alpha value is -2.19. The second kappa shape index (κ2) is 8.22. The zero-order valence-corrected chi connectivity index (χ0v) is 17.2. The monoisotopic (exact) mass is 402 g/mol. The van der Waals surface area contributed by atoms with Crippen molar-refractivity contribution in [3.8, 4) is 0 Å². The van der Waals surface area contributed by atoms with Gasteiger partial charge >= 0.3 is 0 Å². The van der Waals surface area contributed by atoms with Crippen molar-refractivity contribution in [2.75, 3.05) is 18.9 Å². The maximum Gasteiger partial charge on any atom is 0.267 e. The fourth-order valence-corrected chi connectivity index (χ4v) is 3.94. The summed E-state index contributed by atoms with van der Waals surface area (Å²) in [5.41, 5.74) is 1.70. The number of fused-ring (bicyclic) bond motifs is 1. The average molecular weight is 403 g/mol. The van der Waals surface area contributed by atoms with Crippen molar-refractivity contribution in [2.45, 2.75) is 33.1 Å². The first kappa shape index (κ1) is 19.6. The molecule has 0 radical (unpaired) electrons. The van der Waals surface area contributed by atoms with Crippen molar-refractivity contribution in [3.05, 3.63) is 44.7 Å². The zero-order chi connectivity index (χ0) is 19.6. The summed E-state index contributed by atoms with van der Waals surface area (Å²) in [7, 11) is 1.64. The number of unbranched alkanes of at least 4 members (excludes halogenated alkanes) is 2. The lowest BCUT2D eigenvalue weighted by molar-refractivity contribution is -0.121. The molecule has 1 aliphatic rings. The lowest BCUT2D eigenvalue weighted by Crippen LogP contribution is -2.23. The molecule has 2 aromatic rings. The van der Waals surface area contributed by atoms with Crippen molar-refractivity contribution in [3.63, 3.8) is 0 Å². The fraction of sp³-hybridized carbons (Fsp3) is 0.368. The molecular weight excluding hydrogens is 380 g/mol. The second-order valence-electron chi connectivity index (χ2n) is 6.49. The summed E-state index contributed by atoms with van der Waals surface area (Å²) < 4.78 is 2.00. The van der Waals surface area contributed by atoms with E-state index in [0.717, 1.165) is 31.4 Å². The highest BCUT2D eigenvalue weighted by Crippen LogP contribution is 2.31. The molecule has 0 bridgehead atoms. The summed E-state index contributed by atoms with van der Waals surface area (Å²) in [6, 6.07) is 3.74. The Labute approximate surface area is 167 Å². The van der Waals surface area contributed by atoms with Gasteiger partial charge in [0.05, 0.1) is 10.5 Å². The third kappa shape index (κ3) is 4.06. The number of aryl methyl sites for hydroxylation is 1. The number of hydrogen-bond donors (Lipinski definition) is 1. The number of nitrogens with one attached hydrogen (secondary N) is 1. The predicted molar refractivity (Wildman–Crippen MR) is 115 cm³/mol. The highest BCUT2D eigenvalue weighted by molar-refractivity contribution is 8.26. The summed E-state index contributed by atoms with van der Waals surface area (Å²) in [5, 5.41) is 3.27. The standard InChI is InChI=1S/C19H22N4O2S2/c1-4-5-6-9-20-16-13(10-14-18(25)22(3)19(26)27-14)17(24)23-11-12(2)7-8-15(23)21-16/h7-8,10-11,20H,4-6,9H2,1-3H3/b14-10+. The zero-order valence-electron chi connectivity index (χ0n) is 15.6. The normalized spacial score (nSPS) is 16.0. The van der Waals surface area contributed by atoms with E-state index in [1.54, 1.807) is 19.3 Å². The molecule has 0 aromatic carbocycles. The van der Waals surface area contributed by atoms with E-state index < -0.39 is 0 Å². The SMILES string of the molecule is CCCCCNc1nc2ccc(C)cn2c(=O)c1/C=C1/SC(=S)N(C)C1=O. The van der Waals surface area contributed by atoms with Crippen LogP contribution >= 0.6 is 24.0 Å². The minimum Gasteiger partial charge on any atom is -0.369 e. The molecule has 1 aliphatic heterocycles. The maximum atomic E-state index is 13.1. The Kier molecular flexibility index (Phi) is 5.96. The molecule has 0 spiro atoms. The van der Waals surface area contributed by atoms with Gasteiger partial charge in [0.15, 0.2) is 0 Å². The number of rotatable bonds is 6. The first-order valence-electron chi connectivity index (χ1n) is 8.91. The number of thiocarbonyl (C=S) groups is 1. The number of carbonyl (C=O) groups excluding carboxylic acids is 1. The maximum absolute atomic E-state index is 13.1. The number of aromatic nitrogens is 2. The Balaban J connectivity index is 2.10. The van der Waals surface area contributed by atoms with Gasteiger partial charge in [0.2, 0.25) is 0 Å². The van der Waals surface area contributed by atoms with Crippen molar-refractivity contribution in [1.82, 2.24) is 14.3 Å². The van der Waals surface area contributed by atoms with Crippen LogP contribution in [0.15, 0.2) is 28.0 Å². The number of nitrogens with zero attached hydrogens (tertiary/aromatic N) is 3. The van der Waals surface area contributed by atoms with E-state index in [-0.39, 0.29) is 11.5 Å². The molecule has 142 valence electrons. The van der Waals surface area contributed by atoms with Crippen LogP contribution in [-0.2, 0) is 4.79 Å². The smallest absolute Gasteiger partial charge is 0.267 e. The largest absolute Gasteiger partial charge is 0.369 e. The van der Waals surface area contributed by atoms with E-state index in [0.29, 0.717) is 26.3 Å². The second-order valence-corrected chi connectivity index (χ2v) is 8.16. The number of thioether (sulfide) groups is 1. The highest BCUT2D eigenvalue weighted by Gasteiger charge is 2.29. The Bertz CT molecular complexity index is 997. The van der Waals surface area contributed by atoms with Crippen molar-refractivity contribution in [2.24, 2.45) is 0 Å². The molecule has 8 heteroatoms. The van der Waals surface area contributed by atoms with Crippen LogP contribution in [0.2, 0.25) is 0 Å². The van der Waals surface area contributed by atoms with Crippen LogP contribution in [-0.4, -0.2) is 38.1 Å². The highest BCUT2D eigenvalue weighted by atomic mass is 32.2. The number of hydrogen-bond acceptors (Lipinski definition) is 6. The Morgan fingerprint density at radius 2 is 2.07 bits per heavy atom. The predicted octanol–water partition coefficient (Wildman–Crippen LogP) is 3.44. The average Bonchev–Trinajstić information content (AvgIpc) is 2.89. The van der Waals surface area contributed by atoms with Crippen LogP contribution in [0.1, 0.15) is 37.3 Å². The van der Waals surface area contributed by atoms with E-state index in [1.807, 2.05) is 19.1 Å². The van der Waals surface area contributed by atoms with Crippen LogP contribution < -0.4 is 10.9 Å². The molecule has 0 unspecified atom stereocenters. The summed E-state index contributed by atoms with van der Waals surface area (Å²) in [4.78, 5) is 31.9. The first-order valence-corrected chi connectivity index (χ1v) is 10.1. The molecule has 3 rings (SSSR count). The van der Waals surface area contributed by atoms with Gasteiger partial charge in [0.25, 0.3) is 11.5 Å². The molecule has 0 saturated carbocycles. The van der Waals surface area contributed by atoms with Gasteiger partial charge in [-0.1, -0.05) is 49.8 Å². The molecule has 2 aromatic heterocycles. The number of likely N-dealkylation sites (N-methyl/N-ethyl adjacent to an activating group) is 1. The molecule has 0 aliphatic carbocycles. The molecule has 1 fully saturated rings. The summed E-state index contributed by atoms with van der Waals surface area (Å²) in [5.74, 6) is 0.303. The van der Waals surface area contributed by atoms with Gasteiger partial charge in [0, 0.05) is 19.8 Å². The van der Waals surface area contributed by atoms with Gasteiger partial charge < -0.3 is 5.32 Å². The molecular formula is C19H22N4O2S2. The van der Waals surface area contributed by atoms with E-state index in [9.17, 15) is 9.59 Å². The first-order chi connectivity index (χ1) is 12.9. The number of carbonyl (C=O) groups is 1. The molecule has 0 atom stereocenters. The van der Waals surface area contributed by atoms with Gasteiger partial charge in [-0.2, -0.15) is 0 Å². The third-order valence-electron chi connectivity index (χ3n) is 4.34. The van der Waals surface area contributed by atoms with Gasteiger partial charge in [0.1, 0.15) is 15.8 Å². The van der Waals surface area contributed by atoms with Crippen LogP contribution in [0, 0.1) is 6.92 Å². The summed E-state index contributed by atoms with van der Waals surface area (Å²) in [6.07, 6.45) is 6.56. The molecule has 1 amide bonds. The summed E-state index contributed by atoms with van der Waals surface area (Å²) >= 11 is 6.38. The van der Waals surface area contributed by atoms with E-state index >= 15 is 0 Å². The Morgan fingerprint density at radius 3 is 2.74 bits per heavy atom. The minimum atomic E-state index is -0.205. The van der Waals surface area contributed by atoms with Crippen LogP contribution in [0.25, 0.3) is 11.7 Å². The number of anilines is 1. The van der Waals surface area contributed by atoms with E-state index in [2.05, 4.69) is 17.2 Å². The van der Waals surface area contributed by atoms with Crippen molar-refractivity contribution in [1.29, 1.82) is 0 Å². The van der Waals surface area contributed by atoms with E-state index in [4.69, 9.17) is 12.2 Å². The molecule has 6 nitrogen and oxygen atoms in total. The fourth-order valence-electron chi connectivity index (χ4n) is 2.78. The summed E-state index contributed by atoms with van der Waals surface area (Å²) in [6.45, 7) is 4.78. The van der Waals surface area contributed by atoms with Gasteiger partial charge in [-0.05, 0) is 31.1 Å².